The van der Waals surface area contributed by atoms with Gasteiger partial charge >= 0.3 is 0 Å². The van der Waals surface area contributed by atoms with Crippen molar-refractivity contribution < 1.29 is 0 Å². The van der Waals surface area contributed by atoms with Gasteiger partial charge in [-0.15, -0.1) is 0 Å². The zero-order chi connectivity index (χ0) is 12.3. The highest BCUT2D eigenvalue weighted by atomic mass is 14.7. The van der Waals surface area contributed by atoms with Gasteiger partial charge in [-0.3, -0.25) is 0 Å². The summed E-state index contributed by atoms with van der Waals surface area (Å²) in [4.78, 5) is 0. The first kappa shape index (κ1) is 13.4. The molecule has 0 heterocycles. The molecule has 2 atom stereocenters. The molecule has 100 valence electrons. The van der Waals surface area contributed by atoms with Gasteiger partial charge in [-0.2, -0.15) is 0 Å². The van der Waals surface area contributed by atoms with Crippen LogP contribution in [0.4, 0.5) is 0 Å². The Bertz CT molecular complexity index is 228. The first-order chi connectivity index (χ1) is 8.09. The lowest BCUT2D eigenvalue weighted by molar-refractivity contribution is 0.0992. The summed E-state index contributed by atoms with van der Waals surface area (Å²) in [6.45, 7) is 4.88. The van der Waals surface area contributed by atoms with Crippen molar-refractivity contribution in [2.24, 2.45) is 23.0 Å². The van der Waals surface area contributed by atoms with Crippen molar-refractivity contribution in [3.63, 3.8) is 0 Å². The van der Waals surface area contributed by atoms with Gasteiger partial charge in [0.15, 0.2) is 0 Å². The Hall–Kier alpha value is -0.0400. The van der Waals surface area contributed by atoms with E-state index < -0.39 is 0 Å². The van der Waals surface area contributed by atoms with Crippen LogP contribution >= 0.6 is 0 Å². The summed E-state index contributed by atoms with van der Waals surface area (Å²) in [7, 11) is 0. The van der Waals surface area contributed by atoms with Gasteiger partial charge < -0.3 is 5.73 Å². The molecule has 2 N–H and O–H groups in total. The van der Waals surface area contributed by atoms with Crippen LogP contribution in [0.3, 0.4) is 0 Å². The van der Waals surface area contributed by atoms with Crippen molar-refractivity contribution in [3.05, 3.63) is 0 Å². The van der Waals surface area contributed by atoms with Gasteiger partial charge in [-0.25, -0.2) is 0 Å². The van der Waals surface area contributed by atoms with E-state index in [0.717, 1.165) is 11.8 Å². The molecule has 0 saturated heterocycles. The second kappa shape index (κ2) is 5.73. The zero-order valence-electron chi connectivity index (χ0n) is 11.9. The average Bonchev–Trinajstić information content (AvgIpc) is 2.29. The molecular formula is C16H31N. The monoisotopic (exact) mass is 237 g/mol. The second-order valence-corrected chi connectivity index (χ2v) is 7.24. The summed E-state index contributed by atoms with van der Waals surface area (Å²) in [5.41, 5.74) is 7.05. The Labute approximate surface area is 108 Å². The first-order valence-electron chi connectivity index (χ1n) is 7.85. The van der Waals surface area contributed by atoms with Crippen LogP contribution in [-0.2, 0) is 0 Å². The first-order valence-corrected chi connectivity index (χ1v) is 7.85. The predicted octanol–water partition coefficient (Wildman–Crippen LogP) is 4.50. The molecule has 0 aromatic rings. The summed E-state index contributed by atoms with van der Waals surface area (Å²) in [6, 6.07) is 0.466. The summed E-state index contributed by atoms with van der Waals surface area (Å²) < 4.78 is 0. The van der Waals surface area contributed by atoms with Crippen LogP contribution in [0.5, 0.6) is 0 Å². The van der Waals surface area contributed by atoms with Gasteiger partial charge in [0, 0.05) is 6.04 Å². The van der Waals surface area contributed by atoms with E-state index >= 15 is 0 Å². The van der Waals surface area contributed by atoms with Gasteiger partial charge in [0.05, 0.1) is 0 Å². The number of hydrogen-bond acceptors (Lipinski definition) is 1. The highest BCUT2D eigenvalue weighted by Crippen LogP contribution is 2.43. The van der Waals surface area contributed by atoms with Crippen molar-refractivity contribution in [2.45, 2.75) is 84.1 Å². The lowest BCUT2D eigenvalue weighted by Crippen LogP contribution is -2.42. The Morgan fingerprint density at radius 1 is 1.00 bits per heavy atom. The Morgan fingerprint density at radius 3 is 2.29 bits per heavy atom. The molecule has 2 saturated carbocycles. The largest absolute Gasteiger partial charge is 0.327 e. The normalized spacial score (nSPS) is 32.3. The van der Waals surface area contributed by atoms with E-state index in [-0.39, 0.29) is 0 Å². The minimum atomic E-state index is 0.466. The van der Waals surface area contributed by atoms with Gasteiger partial charge in [-0.1, -0.05) is 58.8 Å². The van der Waals surface area contributed by atoms with Crippen LogP contribution < -0.4 is 5.73 Å². The van der Waals surface area contributed by atoms with Crippen molar-refractivity contribution in [2.75, 3.05) is 0 Å². The molecule has 1 nitrogen and oxygen atoms in total. The maximum atomic E-state index is 6.55. The molecule has 0 aromatic carbocycles. The van der Waals surface area contributed by atoms with Crippen LogP contribution in [0.1, 0.15) is 78.1 Å². The maximum Gasteiger partial charge on any atom is 0.00748 e. The molecule has 2 fully saturated rings. The van der Waals surface area contributed by atoms with Gasteiger partial charge in [0.1, 0.15) is 0 Å². The molecule has 0 aromatic heterocycles. The van der Waals surface area contributed by atoms with Crippen LogP contribution in [0, 0.1) is 17.3 Å². The van der Waals surface area contributed by atoms with E-state index in [1.807, 2.05) is 0 Å². The van der Waals surface area contributed by atoms with Crippen LogP contribution in [-0.4, -0.2) is 6.04 Å². The number of rotatable bonds is 3. The molecule has 2 aliphatic carbocycles. The van der Waals surface area contributed by atoms with Crippen molar-refractivity contribution in [3.8, 4) is 0 Å². The molecule has 0 radical (unpaired) electrons. The summed E-state index contributed by atoms with van der Waals surface area (Å²) >= 11 is 0. The molecule has 0 amide bonds. The van der Waals surface area contributed by atoms with Crippen LogP contribution in [0.25, 0.3) is 0 Å². The fraction of sp³-hybridized carbons (Fsp3) is 1.00. The topological polar surface area (TPSA) is 26.0 Å². The van der Waals surface area contributed by atoms with Crippen molar-refractivity contribution in [1.82, 2.24) is 0 Å². The van der Waals surface area contributed by atoms with Crippen molar-refractivity contribution in [1.29, 1.82) is 0 Å². The number of hydrogen-bond donors (Lipinski definition) is 1. The highest BCUT2D eigenvalue weighted by molar-refractivity contribution is 4.90. The molecular weight excluding hydrogens is 206 g/mol. The molecule has 1 heteroatoms. The van der Waals surface area contributed by atoms with Gasteiger partial charge in [0.2, 0.25) is 0 Å². The minimum Gasteiger partial charge on any atom is -0.327 e. The van der Waals surface area contributed by atoms with Crippen LogP contribution in [0.2, 0.25) is 0 Å². The fourth-order valence-corrected chi connectivity index (χ4v) is 4.29. The van der Waals surface area contributed by atoms with E-state index in [2.05, 4.69) is 13.8 Å². The zero-order valence-corrected chi connectivity index (χ0v) is 11.9. The van der Waals surface area contributed by atoms with Crippen molar-refractivity contribution >= 4 is 0 Å². The Morgan fingerprint density at radius 2 is 1.65 bits per heavy atom. The van der Waals surface area contributed by atoms with E-state index in [1.54, 1.807) is 0 Å². The summed E-state index contributed by atoms with van der Waals surface area (Å²) in [5, 5.41) is 0. The highest BCUT2D eigenvalue weighted by Gasteiger charge is 2.36. The predicted molar refractivity (Wildman–Crippen MR) is 74.9 cm³/mol. The maximum absolute atomic E-state index is 6.55. The van der Waals surface area contributed by atoms with E-state index in [0.29, 0.717) is 11.5 Å². The number of nitrogens with two attached hydrogens (primary N) is 1. The van der Waals surface area contributed by atoms with Crippen LogP contribution in [0.15, 0.2) is 0 Å². The molecule has 17 heavy (non-hydrogen) atoms. The molecule has 2 rings (SSSR count). The smallest absolute Gasteiger partial charge is 0.00748 e. The van der Waals surface area contributed by atoms with E-state index in [4.69, 9.17) is 5.73 Å². The SMILES string of the molecule is CC1(C)CCCCC1C(N)CC1CCCCC1. The third kappa shape index (κ3) is 3.47. The molecule has 2 unspecified atom stereocenters. The lowest BCUT2D eigenvalue weighted by atomic mass is 9.64. The standard InChI is InChI=1S/C16H31N/c1-16(2)11-7-6-10-14(16)15(17)12-13-8-4-3-5-9-13/h13-15H,3-12,17H2,1-2H3. The third-order valence-corrected chi connectivity index (χ3v) is 5.44. The Kier molecular flexibility index (Phi) is 4.52. The molecule has 0 spiro atoms. The summed E-state index contributed by atoms with van der Waals surface area (Å²) in [5.74, 6) is 1.72. The Balaban J connectivity index is 1.87. The average molecular weight is 237 g/mol. The lowest BCUT2D eigenvalue weighted by Gasteiger charge is -2.43. The van der Waals surface area contributed by atoms with Gasteiger partial charge in [-0.05, 0) is 36.5 Å². The molecule has 2 aliphatic rings. The van der Waals surface area contributed by atoms with E-state index in [9.17, 15) is 0 Å². The minimum absolute atomic E-state index is 0.466. The van der Waals surface area contributed by atoms with E-state index in [1.165, 1.54) is 64.2 Å². The third-order valence-electron chi connectivity index (χ3n) is 5.44. The quantitative estimate of drug-likeness (QED) is 0.768. The fourth-order valence-electron chi connectivity index (χ4n) is 4.29. The second-order valence-electron chi connectivity index (χ2n) is 7.24. The molecule has 0 bridgehead atoms. The van der Waals surface area contributed by atoms with Gasteiger partial charge in [0.25, 0.3) is 0 Å². The summed E-state index contributed by atoms with van der Waals surface area (Å²) in [6.07, 6.45) is 14.1. The molecule has 0 aliphatic heterocycles.